The number of hydrogen-bond acceptors (Lipinski definition) is 6. The summed E-state index contributed by atoms with van der Waals surface area (Å²) in [5.74, 6) is 1.86. The van der Waals surface area contributed by atoms with E-state index in [-0.39, 0.29) is 6.03 Å². The number of benzene rings is 3. The molecule has 1 aliphatic heterocycles. The average molecular weight is 412 g/mol. The van der Waals surface area contributed by atoms with Gasteiger partial charge in [0.15, 0.2) is 11.6 Å². The van der Waals surface area contributed by atoms with E-state index in [1.54, 1.807) is 0 Å². The maximum atomic E-state index is 12.5. The van der Waals surface area contributed by atoms with Crippen LogP contribution in [0.25, 0.3) is 10.8 Å². The number of amides is 2. The van der Waals surface area contributed by atoms with Crippen molar-refractivity contribution < 1.29 is 9.53 Å². The van der Waals surface area contributed by atoms with E-state index in [4.69, 9.17) is 4.74 Å². The summed E-state index contributed by atoms with van der Waals surface area (Å²) in [7, 11) is 0. The van der Waals surface area contributed by atoms with E-state index in [0.717, 1.165) is 22.1 Å². The van der Waals surface area contributed by atoms with Gasteiger partial charge in [-0.3, -0.25) is 0 Å². The number of urea groups is 1. The first kappa shape index (κ1) is 18.7. The van der Waals surface area contributed by atoms with Gasteiger partial charge in [0.1, 0.15) is 12.9 Å². The quantitative estimate of drug-likeness (QED) is 0.383. The fraction of sp³-hybridized carbons (Fsp3) is 0.0870. The fourth-order valence-corrected chi connectivity index (χ4v) is 3.44. The SMILES string of the molecule is O=C(Nc1ccc(Nc2ncnc3c2OCCN3)cc1)Nc1cccc2ccccc12. The number of ether oxygens (including phenoxy) is 1. The number of aromatic nitrogens is 2. The van der Waals surface area contributed by atoms with Crippen molar-refractivity contribution in [3.63, 3.8) is 0 Å². The van der Waals surface area contributed by atoms with Crippen molar-refractivity contribution in [1.82, 2.24) is 9.97 Å². The molecule has 2 amide bonds. The van der Waals surface area contributed by atoms with Gasteiger partial charge in [-0.2, -0.15) is 0 Å². The molecule has 1 aliphatic rings. The van der Waals surface area contributed by atoms with Gasteiger partial charge in [0.05, 0.1) is 12.2 Å². The highest BCUT2D eigenvalue weighted by Crippen LogP contribution is 2.33. The Kier molecular flexibility index (Phi) is 4.94. The van der Waals surface area contributed by atoms with E-state index in [0.29, 0.717) is 36.2 Å². The lowest BCUT2D eigenvalue weighted by atomic mass is 10.1. The molecule has 2 heterocycles. The maximum Gasteiger partial charge on any atom is 0.323 e. The molecule has 8 nitrogen and oxygen atoms in total. The number of carbonyl (C=O) groups is 1. The minimum absolute atomic E-state index is 0.304. The zero-order valence-corrected chi connectivity index (χ0v) is 16.6. The van der Waals surface area contributed by atoms with Gasteiger partial charge in [-0.25, -0.2) is 14.8 Å². The molecule has 8 heteroatoms. The monoisotopic (exact) mass is 412 g/mol. The van der Waals surface area contributed by atoms with Crippen LogP contribution in [-0.2, 0) is 0 Å². The van der Waals surface area contributed by atoms with Crippen LogP contribution in [0.1, 0.15) is 0 Å². The Morgan fingerprint density at radius 3 is 2.61 bits per heavy atom. The highest BCUT2D eigenvalue weighted by Gasteiger charge is 2.16. The molecule has 0 spiro atoms. The number of nitrogens with zero attached hydrogens (tertiary/aromatic N) is 2. The van der Waals surface area contributed by atoms with E-state index in [1.807, 2.05) is 66.7 Å². The summed E-state index contributed by atoms with van der Waals surface area (Å²) in [5.41, 5.74) is 2.25. The van der Waals surface area contributed by atoms with Crippen LogP contribution in [0.2, 0.25) is 0 Å². The first-order valence-corrected chi connectivity index (χ1v) is 9.91. The number of nitrogens with one attached hydrogen (secondary N) is 4. The Balaban J connectivity index is 1.26. The molecule has 0 radical (unpaired) electrons. The molecule has 4 N–H and O–H groups in total. The summed E-state index contributed by atoms with van der Waals surface area (Å²) in [6.45, 7) is 1.27. The summed E-state index contributed by atoms with van der Waals surface area (Å²) in [6.07, 6.45) is 1.48. The first-order valence-electron chi connectivity index (χ1n) is 9.91. The van der Waals surface area contributed by atoms with Gasteiger partial charge in [-0.05, 0) is 35.7 Å². The van der Waals surface area contributed by atoms with E-state index in [2.05, 4.69) is 31.2 Å². The van der Waals surface area contributed by atoms with Crippen LogP contribution in [0.3, 0.4) is 0 Å². The smallest absolute Gasteiger partial charge is 0.323 e. The van der Waals surface area contributed by atoms with Crippen molar-refractivity contribution in [3.05, 3.63) is 73.1 Å². The van der Waals surface area contributed by atoms with Crippen molar-refractivity contribution in [2.24, 2.45) is 0 Å². The van der Waals surface area contributed by atoms with E-state index >= 15 is 0 Å². The van der Waals surface area contributed by atoms with Gasteiger partial charge < -0.3 is 26.0 Å². The number of hydrogen-bond donors (Lipinski definition) is 4. The zero-order valence-electron chi connectivity index (χ0n) is 16.6. The molecule has 0 saturated heterocycles. The van der Waals surface area contributed by atoms with Gasteiger partial charge in [0.25, 0.3) is 0 Å². The highest BCUT2D eigenvalue weighted by molar-refractivity contribution is 6.06. The van der Waals surface area contributed by atoms with Crippen LogP contribution in [0.15, 0.2) is 73.1 Å². The van der Waals surface area contributed by atoms with Gasteiger partial charge in [0.2, 0.25) is 5.75 Å². The Hall–Kier alpha value is -4.33. The topological polar surface area (TPSA) is 100 Å². The van der Waals surface area contributed by atoms with E-state index in [9.17, 15) is 4.79 Å². The molecule has 0 fully saturated rings. The van der Waals surface area contributed by atoms with Gasteiger partial charge in [-0.1, -0.05) is 36.4 Å². The number of rotatable bonds is 4. The van der Waals surface area contributed by atoms with Crippen LogP contribution < -0.4 is 26.0 Å². The van der Waals surface area contributed by atoms with Gasteiger partial charge in [-0.15, -0.1) is 0 Å². The molecule has 31 heavy (non-hydrogen) atoms. The molecule has 0 unspecified atom stereocenters. The molecule has 0 bridgehead atoms. The summed E-state index contributed by atoms with van der Waals surface area (Å²) in [5, 5.41) is 14.2. The second-order valence-corrected chi connectivity index (χ2v) is 6.98. The van der Waals surface area contributed by atoms with Gasteiger partial charge >= 0.3 is 6.03 Å². The third-order valence-electron chi connectivity index (χ3n) is 4.89. The van der Waals surface area contributed by atoms with Crippen LogP contribution in [0, 0.1) is 0 Å². The Morgan fingerprint density at radius 1 is 0.903 bits per heavy atom. The lowest BCUT2D eigenvalue weighted by Gasteiger charge is -2.20. The van der Waals surface area contributed by atoms with E-state index < -0.39 is 0 Å². The third kappa shape index (κ3) is 4.04. The third-order valence-corrected chi connectivity index (χ3v) is 4.89. The number of fused-ring (bicyclic) bond motifs is 2. The standard InChI is InChI=1S/C23H20N6O2/c30-23(29-19-7-3-5-15-4-1-2-6-18(15)19)28-17-10-8-16(9-11-17)27-22-20-21(25-14-26-22)24-12-13-31-20/h1-11,14H,12-13H2,(H2,28,29,30)(H2,24,25,26,27). The van der Waals surface area contributed by atoms with Gasteiger partial charge in [0, 0.05) is 16.8 Å². The van der Waals surface area contributed by atoms with Crippen molar-refractivity contribution in [3.8, 4) is 5.75 Å². The molecule has 154 valence electrons. The zero-order chi connectivity index (χ0) is 21.0. The summed E-state index contributed by atoms with van der Waals surface area (Å²) in [6, 6.07) is 20.8. The summed E-state index contributed by atoms with van der Waals surface area (Å²) < 4.78 is 5.67. The van der Waals surface area contributed by atoms with Crippen molar-refractivity contribution in [2.75, 3.05) is 34.4 Å². The number of carbonyl (C=O) groups excluding carboxylic acids is 1. The van der Waals surface area contributed by atoms with Crippen LogP contribution in [0.5, 0.6) is 5.75 Å². The number of anilines is 5. The molecule has 0 saturated carbocycles. The van der Waals surface area contributed by atoms with Crippen LogP contribution >= 0.6 is 0 Å². The minimum Gasteiger partial charge on any atom is -0.485 e. The molecule has 3 aromatic carbocycles. The van der Waals surface area contributed by atoms with Crippen molar-refractivity contribution in [1.29, 1.82) is 0 Å². The predicted octanol–water partition coefficient (Wildman–Crippen LogP) is 4.82. The Bertz CT molecular complexity index is 1240. The average Bonchev–Trinajstić information content (AvgIpc) is 2.81. The van der Waals surface area contributed by atoms with Crippen molar-refractivity contribution >= 4 is 45.5 Å². The van der Waals surface area contributed by atoms with Crippen LogP contribution in [-0.4, -0.2) is 29.2 Å². The Labute approximate surface area is 178 Å². The Morgan fingerprint density at radius 2 is 1.71 bits per heavy atom. The largest absolute Gasteiger partial charge is 0.485 e. The lowest BCUT2D eigenvalue weighted by Crippen LogP contribution is -2.20. The second kappa shape index (κ2) is 8.19. The molecule has 1 aromatic heterocycles. The highest BCUT2D eigenvalue weighted by atomic mass is 16.5. The molecular formula is C23H20N6O2. The molecular weight excluding hydrogens is 392 g/mol. The molecule has 0 aliphatic carbocycles. The second-order valence-electron chi connectivity index (χ2n) is 6.98. The minimum atomic E-state index is -0.304. The van der Waals surface area contributed by atoms with E-state index in [1.165, 1.54) is 6.33 Å². The predicted molar refractivity (Wildman–Crippen MR) is 122 cm³/mol. The maximum absolute atomic E-state index is 12.5. The van der Waals surface area contributed by atoms with Crippen LogP contribution in [0.4, 0.5) is 33.5 Å². The fourth-order valence-electron chi connectivity index (χ4n) is 3.44. The molecule has 5 rings (SSSR count). The molecule has 4 aromatic rings. The normalized spacial score (nSPS) is 12.3. The van der Waals surface area contributed by atoms with Crippen molar-refractivity contribution in [2.45, 2.75) is 0 Å². The molecule has 0 atom stereocenters. The lowest BCUT2D eigenvalue weighted by molar-refractivity contribution is 0.262. The summed E-state index contributed by atoms with van der Waals surface area (Å²) >= 11 is 0. The summed E-state index contributed by atoms with van der Waals surface area (Å²) in [4.78, 5) is 20.9. The first-order chi connectivity index (χ1) is 15.3.